The monoisotopic (exact) mass is 413 g/mol. The predicted octanol–water partition coefficient (Wildman–Crippen LogP) is 1.88. The molecule has 10 nitrogen and oxygen atoms in total. The van der Waals surface area contributed by atoms with Gasteiger partial charge in [0.15, 0.2) is 0 Å². The van der Waals surface area contributed by atoms with Crippen molar-refractivity contribution in [1.29, 1.82) is 0 Å². The third-order valence-corrected chi connectivity index (χ3v) is 5.51. The highest BCUT2D eigenvalue weighted by molar-refractivity contribution is 5.70. The van der Waals surface area contributed by atoms with Crippen LogP contribution in [-0.2, 0) is 11.3 Å². The maximum atomic E-state index is 11.5. The second-order valence-electron chi connectivity index (χ2n) is 7.63. The average Bonchev–Trinajstić information content (AvgIpc) is 3.26. The van der Waals surface area contributed by atoms with Crippen LogP contribution in [0.4, 0.5) is 23.3 Å². The molecule has 160 valence electrons. The Morgan fingerprint density at radius 1 is 1.20 bits per heavy atom. The Balaban J connectivity index is 1.43. The number of nitro groups is 1. The molecule has 2 aromatic rings. The summed E-state index contributed by atoms with van der Waals surface area (Å²) in [6, 6.07) is 10.4. The zero-order chi connectivity index (χ0) is 20.9. The molecule has 1 atom stereocenters. The van der Waals surface area contributed by atoms with Crippen LogP contribution in [0.2, 0.25) is 0 Å². The van der Waals surface area contributed by atoms with Crippen LogP contribution in [0.5, 0.6) is 0 Å². The first kappa shape index (κ1) is 20.3. The van der Waals surface area contributed by atoms with Crippen LogP contribution in [0.15, 0.2) is 30.3 Å². The summed E-state index contributed by atoms with van der Waals surface area (Å²) in [4.78, 5) is 24.0. The third-order valence-electron chi connectivity index (χ3n) is 5.51. The summed E-state index contributed by atoms with van der Waals surface area (Å²) in [6.45, 7) is 5.25. The Morgan fingerprint density at radius 2 is 1.97 bits per heavy atom. The van der Waals surface area contributed by atoms with Crippen molar-refractivity contribution in [2.75, 3.05) is 55.3 Å². The summed E-state index contributed by atoms with van der Waals surface area (Å²) in [5.41, 5.74) is 6.94. The Bertz CT molecular complexity index is 866. The minimum atomic E-state index is -0.533. The van der Waals surface area contributed by atoms with Crippen LogP contribution in [0.25, 0.3) is 0 Å². The minimum absolute atomic E-state index is 0.0331. The molecule has 0 aliphatic carbocycles. The molecule has 3 N–H and O–H groups in total. The number of nitrogen functional groups attached to an aromatic ring is 1. The number of benzene rings is 1. The van der Waals surface area contributed by atoms with Gasteiger partial charge in [-0.05, 0) is 18.4 Å². The maximum absolute atomic E-state index is 11.5. The molecule has 4 rings (SSSR count). The summed E-state index contributed by atoms with van der Waals surface area (Å²) >= 11 is 0. The summed E-state index contributed by atoms with van der Waals surface area (Å²) < 4.78 is 5.59. The molecule has 0 spiro atoms. The summed E-state index contributed by atoms with van der Waals surface area (Å²) in [7, 11) is 0. The van der Waals surface area contributed by atoms with Crippen molar-refractivity contribution >= 4 is 23.3 Å². The Hall–Kier alpha value is -2.98. The number of ether oxygens (including phenoxy) is 1. The highest BCUT2D eigenvalue weighted by Gasteiger charge is 2.27. The first-order valence-electron chi connectivity index (χ1n) is 10.3. The number of hydrogen-bond donors (Lipinski definition) is 2. The molecule has 2 aliphatic heterocycles. The van der Waals surface area contributed by atoms with Crippen LogP contribution < -0.4 is 16.0 Å². The molecule has 1 aromatic carbocycles. The van der Waals surface area contributed by atoms with E-state index in [1.54, 1.807) is 0 Å². The van der Waals surface area contributed by atoms with Crippen molar-refractivity contribution in [3.05, 3.63) is 46.0 Å². The largest absolute Gasteiger partial charge is 0.378 e. The van der Waals surface area contributed by atoms with Crippen molar-refractivity contribution in [3.63, 3.8) is 0 Å². The van der Waals surface area contributed by atoms with Gasteiger partial charge in [0, 0.05) is 45.9 Å². The number of hydrogen-bond acceptors (Lipinski definition) is 9. The highest BCUT2D eigenvalue weighted by atomic mass is 16.6. The Morgan fingerprint density at radius 3 is 2.63 bits per heavy atom. The number of anilines is 3. The zero-order valence-corrected chi connectivity index (χ0v) is 16.9. The molecule has 0 unspecified atom stereocenters. The molecule has 30 heavy (non-hydrogen) atoms. The summed E-state index contributed by atoms with van der Waals surface area (Å²) in [5, 5.41) is 14.6. The molecular formula is C20H27N7O3. The lowest BCUT2D eigenvalue weighted by Crippen LogP contribution is -2.46. The second-order valence-corrected chi connectivity index (χ2v) is 7.63. The van der Waals surface area contributed by atoms with Crippen LogP contribution in [-0.4, -0.2) is 65.2 Å². The standard InChI is InChI=1S/C20H27N7O3/c21-18-17(27(28)29)19(22-13-16-7-4-12-30-16)24-20(23-18)26-10-8-25(9-11-26)14-15-5-2-1-3-6-15/h1-3,5-6,16H,4,7-14H2,(H3,21,22,23,24)/t16-/m0/s1. The highest BCUT2D eigenvalue weighted by Crippen LogP contribution is 2.30. The van der Waals surface area contributed by atoms with Gasteiger partial charge in [-0.3, -0.25) is 15.0 Å². The van der Waals surface area contributed by atoms with Gasteiger partial charge in [-0.15, -0.1) is 0 Å². The normalized spacial score (nSPS) is 19.7. The van der Waals surface area contributed by atoms with Gasteiger partial charge in [-0.2, -0.15) is 9.97 Å². The van der Waals surface area contributed by atoms with Gasteiger partial charge in [-0.1, -0.05) is 30.3 Å². The number of rotatable bonds is 7. The minimum Gasteiger partial charge on any atom is -0.378 e. The fraction of sp³-hybridized carbons (Fsp3) is 0.500. The molecule has 1 aromatic heterocycles. The van der Waals surface area contributed by atoms with E-state index in [1.165, 1.54) is 5.56 Å². The van der Waals surface area contributed by atoms with Crippen LogP contribution in [0, 0.1) is 10.1 Å². The van der Waals surface area contributed by atoms with Crippen LogP contribution in [0.3, 0.4) is 0 Å². The van der Waals surface area contributed by atoms with E-state index in [4.69, 9.17) is 10.5 Å². The maximum Gasteiger partial charge on any atom is 0.353 e. The molecule has 0 bridgehead atoms. The van der Waals surface area contributed by atoms with Gasteiger partial charge in [0.25, 0.3) is 0 Å². The van der Waals surface area contributed by atoms with Crippen molar-refractivity contribution in [2.45, 2.75) is 25.5 Å². The molecule has 10 heteroatoms. The van der Waals surface area contributed by atoms with Crippen LogP contribution >= 0.6 is 0 Å². The average molecular weight is 413 g/mol. The summed E-state index contributed by atoms with van der Waals surface area (Å²) in [5.74, 6) is 0.462. The molecule has 2 saturated heterocycles. The Labute approximate surface area is 175 Å². The number of nitrogens with zero attached hydrogens (tertiary/aromatic N) is 5. The lowest BCUT2D eigenvalue weighted by Gasteiger charge is -2.34. The number of aromatic nitrogens is 2. The lowest BCUT2D eigenvalue weighted by atomic mass is 10.2. The first-order valence-corrected chi connectivity index (χ1v) is 10.3. The third kappa shape index (κ3) is 4.77. The molecule has 2 aliphatic rings. The smallest absolute Gasteiger partial charge is 0.353 e. The molecule has 2 fully saturated rings. The fourth-order valence-electron chi connectivity index (χ4n) is 3.87. The first-order chi connectivity index (χ1) is 14.6. The van der Waals surface area contributed by atoms with Gasteiger partial charge in [-0.25, -0.2) is 0 Å². The number of piperazine rings is 1. The van der Waals surface area contributed by atoms with E-state index >= 15 is 0 Å². The van der Waals surface area contributed by atoms with Crippen molar-refractivity contribution in [1.82, 2.24) is 14.9 Å². The van der Waals surface area contributed by atoms with Gasteiger partial charge in [0.1, 0.15) is 0 Å². The SMILES string of the molecule is Nc1nc(N2CCN(Cc3ccccc3)CC2)nc(NC[C@@H]2CCCO2)c1[N+](=O)[O-]. The number of nitrogens with one attached hydrogen (secondary N) is 1. The summed E-state index contributed by atoms with van der Waals surface area (Å²) in [6.07, 6.45) is 1.96. The molecular weight excluding hydrogens is 386 g/mol. The second kappa shape index (κ2) is 9.23. The lowest BCUT2D eigenvalue weighted by molar-refractivity contribution is -0.383. The molecule has 0 amide bonds. The molecule has 0 saturated carbocycles. The fourth-order valence-corrected chi connectivity index (χ4v) is 3.87. The molecule has 3 heterocycles. The van der Waals surface area contributed by atoms with E-state index < -0.39 is 4.92 Å². The van der Waals surface area contributed by atoms with Crippen LogP contribution in [0.1, 0.15) is 18.4 Å². The molecule has 0 radical (unpaired) electrons. The van der Waals surface area contributed by atoms with E-state index in [1.807, 2.05) is 23.1 Å². The van der Waals surface area contributed by atoms with Gasteiger partial charge < -0.3 is 20.7 Å². The van der Waals surface area contributed by atoms with E-state index in [9.17, 15) is 10.1 Å². The zero-order valence-electron chi connectivity index (χ0n) is 16.9. The van der Waals surface area contributed by atoms with Crippen molar-refractivity contribution < 1.29 is 9.66 Å². The Kier molecular flexibility index (Phi) is 6.24. The van der Waals surface area contributed by atoms with E-state index in [0.717, 1.165) is 52.2 Å². The quantitative estimate of drug-likeness (QED) is 0.517. The van der Waals surface area contributed by atoms with E-state index in [0.29, 0.717) is 12.5 Å². The predicted molar refractivity (Wildman–Crippen MR) is 114 cm³/mol. The topological polar surface area (TPSA) is 123 Å². The van der Waals surface area contributed by atoms with Gasteiger partial charge in [0.05, 0.1) is 11.0 Å². The number of nitrogens with two attached hydrogens (primary N) is 1. The van der Waals surface area contributed by atoms with Crippen molar-refractivity contribution in [3.8, 4) is 0 Å². The van der Waals surface area contributed by atoms with E-state index in [-0.39, 0.29) is 23.4 Å². The van der Waals surface area contributed by atoms with E-state index in [2.05, 4.69) is 32.3 Å². The van der Waals surface area contributed by atoms with Crippen molar-refractivity contribution in [2.24, 2.45) is 0 Å². The van der Waals surface area contributed by atoms with Gasteiger partial charge >= 0.3 is 5.69 Å². The van der Waals surface area contributed by atoms with Gasteiger partial charge in [0.2, 0.25) is 17.6 Å².